The molecule has 0 bridgehead atoms. The van der Waals surface area contributed by atoms with Crippen LogP contribution < -0.4 is 15.0 Å². The number of amides is 1. The van der Waals surface area contributed by atoms with E-state index in [-0.39, 0.29) is 5.91 Å². The van der Waals surface area contributed by atoms with Gasteiger partial charge in [0.05, 0.1) is 7.11 Å². The standard InChI is InChI=1S/C26H29N3O2/c1-28(2)23-16-17-29(18-23)22-14-12-21(13-15-22)27-26(30)20-10-8-19(9-11-20)24-6-4-5-7-25(24)31-3/h4-15,23H,16-18H2,1-3H3,(H,27,30). The second-order valence-corrected chi connectivity index (χ2v) is 8.13. The summed E-state index contributed by atoms with van der Waals surface area (Å²) in [6.07, 6.45) is 1.18. The predicted molar refractivity (Wildman–Crippen MR) is 127 cm³/mol. The van der Waals surface area contributed by atoms with E-state index in [2.05, 4.69) is 41.3 Å². The number of para-hydroxylation sites is 1. The average molecular weight is 416 g/mol. The molecule has 1 aliphatic rings. The van der Waals surface area contributed by atoms with Crippen molar-refractivity contribution < 1.29 is 9.53 Å². The Morgan fingerprint density at radius 3 is 2.35 bits per heavy atom. The Morgan fingerprint density at radius 1 is 1.00 bits per heavy atom. The number of nitrogens with one attached hydrogen (secondary N) is 1. The average Bonchev–Trinajstić information content (AvgIpc) is 3.30. The number of nitrogens with zero attached hydrogens (tertiary/aromatic N) is 2. The van der Waals surface area contributed by atoms with Gasteiger partial charge in [-0.3, -0.25) is 4.79 Å². The monoisotopic (exact) mass is 415 g/mol. The first kappa shape index (κ1) is 20.9. The maximum Gasteiger partial charge on any atom is 0.255 e. The zero-order chi connectivity index (χ0) is 21.8. The van der Waals surface area contributed by atoms with Crippen LogP contribution in [-0.4, -0.2) is 51.1 Å². The Balaban J connectivity index is 1.40. The van der Waals surface area contributed by atoms with Crippen LogP contribution in [0.3, 0.4) is 0 Å². The van der Waals surface area contributed by atoms with Gasteiger partial charge in [0.15, 0.2) is 0 Å². The molecule has 0 spiro atoms. The van der Waals surface area contributed by atoms with Crippen LogP contribution in [0.2, 0.25) is 0 Å². The number of carbonyl (C=O) groups is 1. The van der Waals surface area contributed by atoms with Crippen LogP contribution in [0.4, 0.5) is 11.4 Å². The van der Waals surface area contributed by atoms with Gasteiger partial charge in [-0.15, -0.1) is 0 Å². The van der Waals surface area contributed by atoms with Crippen molar-refractivity contribution in [1.82, 2.24) is 4.90 Å². The first-order valence-corrected chi connectivity index (χ1v) is 10.6. The van der Waals surface area contributed by atoms with Crippen molar-refractivity contribution in [1.29, 1.82) is 0 Å². The summed E-state index contributed by atoms with van der Waals surface area (Å²) in [4.78, 5) is 17.4. The molecule has 3 aromatic rings. The Bertz CT molecular complexity index is 1030. The number of anilines is 2. The quantitative estimate of drug-likeness (QED) is 0.631. The third kappa shape index (κ3) is 4.72. The SMILES string of the molecule is COc1ccccc1-c1ccc(C(=O)Nc2ccc(N3CCC(N(C)C)C3)cc2)cc1. The molecule has 0 aliphatic carbocycles. The van der Waals surface area contributed by atoms with Crippen LogP contribution in [0.1, 0.15) is 16.8 Å². The van der Waals surface area contributed by atoms with Gasteiger partial charge in [0.25, 0.3) is 5.91 Å². The lowest BCUT2D eigenvalue weighted by Crippen LogP contribution is -2.31. The lowest BCUT2D eigenvalue weighted by Gasteiger charge is -2.22. The van der Waals surface area contributed by atoms with E-state index < -0.39 is 0 Å². The van der Waals surface area contributed by atoms with Gasteiger partial charge >= 0.3 is 0 Å². The molecule has 0 radical (unpaired) electrons. The zero-order valence-electron chi connectivity index (χ0n) is 18.3. The van der Waals surface area contributed by atoms with Gasteiger partial charge in [0.2, 0.25) is 0 Å². The normalized spacial score (nSPS) is 15.9. The highest BCUT2D eigenvalue weighted by Crippen LogP contribution is 2.30. The molecule has 160 valence electrons. The molecule has 5 nitrogen and oxygen atoms in total. The van der Waals surface area contributed by atoms with Gasteiger partial charge in [-0.1, -0.05) is 30.3 Å². The summed E-state index contributed by atoms with van der Waals surface area (Å²) in [6, 6.07) is 24.2. The highest BCUT2D eigenvalue weighted by molar-refractivity contribution is 6.04. The molecule has 1 unspecified atom stereocenters. The summed E-state index contributed by atoms with van der Waals surface area (Å²) in [7, 11) is 5.93. The van der Waals surface area contributed by atoms with Crippen LogP contribution in [-0.2, 0) is 0 Å². The number of rotatable bonds is 6. The van der Waals surface area contributed by atoms with E-state index in [0.717, 1.165) is 35.7 Å². The Morgan fingerprint density at radius 2 is 1.71 bits per heavy atom. The minimum Gasteiger partial charge on any atom is -0.496 e. The molecule has 4 rings (SSSR count). The topological polar surface area (TPSA) is 44.8 Å². The fourth-order valence-electron chi connectivity index (χ4n) is 4.04. The molecule has 5 heteroatoms. The van der Waals surface area contributed by atoms with Gasteiger partial charge in [0, 0.05) is 41.6 Å². The highest BCUT2D eigenvalue weighted by Gasteiger charge is 2.24. The molecule has 31 heavy (non-hydrogen) atoms. The number of carbonyl (C=O) groups excluding carboxylic acids is 1. The van der Waals surface area contributed by atoms with Gasteiger partial charge in [-0.05, 0) is 68.5 Å². The van der Waals surface area contributed by atoms with E-state index in [1.807, 2.05) is 60.7 Å². The third-order valence-electron chi connectivity index (χ3n) is 5.95. The third-order valence-corrected chi connectivity index (χ3v) is 5.95. The van der Waals surface area contributed by atoms with E-state index in [4.69, 9.17) is 4.74 Å². The Hall–Kier alpha value is -3.31. The Labute approximate surface area is 184 Å². The minimum atomic E-state index is -0.117. The molecule has 1 aliphatic heterocycles. The predicted octanol–water partition coefficient (Wildman–Crippen LogP) is 4.75. The van der Waals surface area contributed by atoms with Gasteiger partial charge in [-0.25, -0.2) is 0 Å². The maximum atomic E-state index is 12.7. The van der Waals surface area contributed by atoms with Gasteiger partial charge < -0.3 is 19.9 Å². The largest absolute Gasteiger partial charge is 0.496 e. The van der Waals surface area contributed by atoms with Crippen molar-refractivity contribution in [3.8, 4) is 16.9 Å². The summed E-state index contributed by atoms with van der Waals surface area (Å²) in [5, 5.41) is 2.99. The smallest absolute Gasteiger partial charge is 0.255 e. The molecule has 1 heterocycles. The van der Waals surface area contributed by atoms with Gasteiger partial charge in [0.1, 0.15) is 5.75 Å². The first-order valence-electron chi connectivity index (χ1n) is 10.6. The summed E-state index contributed by atoms with van der Waals surface area (Å²) in [6.45, 7) is 2.10. The lowest BCUT2D eigenvalue weighted by atomic mass is 10.0. The van der Waals surface area contributed by atoms with Crippen LogP contribution in [0.5, 0.6) is 5.75 Å². The number of methoxy groups -OCH3 is 1. The van der Waals surface area contributed by atoms with Crippen molar-refractivity contribution >= 4 is 17.3 Å². The molecular weight excluding hydrogens is 386 g/mol. The van der Waals surface area contributed by atoms with Crippen LogP contribution >= 0.6 is 0 Å². The van der Waals surface area contributed by atoms with Crippen molar-refractivity contribution in [2.24, 2.45) is 0 Å². The molecule has 0 saturated carbocycles. The summed E-state index contributed by atoms with van der Waals surface area (Å²) in [5.41, 5.74) is 4.64. The molecule has 1 fully saturated rings. The van der Waals surface area contributed by atoms with Crippen molar-refractivity contribution in [3.05, 3.63) is 78.4 Å². The highest BCUT2D eigenvalue weighted by atomic mass is 16.5. The summed E-state index contributed by atoms with van der Waals surface area (Å²) < 4.78 is 5.44. The number of ether oxygens (including phenoxy) is 1. The number of likely N-dealkylation sites (N-methyl/N-ethyl adjacent to an activating group) is 1. The summed E-state index contributed by atoms with van der Waals surface area (Å²) >= 11 is 0. The molecule has 1 saturated heterocycles. The van der Waals surface area contributed by atoms with Crippen LogP contribution in [0.25, 0.3) is 11.1 Å². The van der Waals surface area contributed by atoms with E-state index >= 15 is 0 Å². The maximum absolute atomic E-state index is 12.7. The molecule has 1 amide bonds. The number of benzene rings is 3. The molecule has 3 aromatic carbocycles. The second kappa shape index (κ2) is 9.23. The fraction of sp³-hybridized carbons (Fsp3) is 0.269. The molecule has 1 N–H and O–H groups in total. The molecule has 1 atom stereocenters. The lowest BCUT2D eigenvalue weighted by molar-refractivity contribution is 0.102. The first-order chi connectivity index (χ1) is 15.0. The molecular formula is C26H29N3O2. The van der Waals surface area contributed by atoms with E-state index in [9.17, 15) is 4.79 Å². The van der Waals surface area contributed by atoms with Crippen molar-refractivity contribution in [2.75, 3.05) is 44.5 Å². The number of hydrogen-bond donors (Lipinski definition) is 1. The Kier molecular flexibility index (Phi) is 6.23. The van der Waals surface area contributed by atoms with Crippen molar-refractivity contribution in [3.63, 3.8) is 0 Å². The zero-order valence-corrected chi connectivity index (χ0v) is 18.3. The number of hydrogen-bond acceptors (Lipinski definition) is 4. The molecule has 0 aromatic heterocycles. The van der Waals surface area contributed by atoms with E-state index in [0.29, 0.717) is 11.6 Å². The van der Waals surface area contributed by atoms with E-state index in [1.54, 1.807) is 7.11 Å². The van der Waals surface area contributed by atoms with E-state index in [1.165, 1.54) is 12.1 Å². The fourth-order valence-corrected chi connectivity index (χ4v) is 4.04. The van der Waals surface area contributed by atoms with Crippen LogP contribution in [0.15, 0.2) is 72.8 Å². The van der Waals surface area contributed by atoms with Crippen molar-refractivity contribution in [2.45, 2.75) is 12.5 Å². The second-order valence-electron chi connectivity index (χ2n) is 8.13. The van der Waals surface area contributed by atoms with Crippen LogP contribution in [0, 0.1) is 0 Å². The van der Waals surface area contributed by atoms with Gasteiger partial charge in [-0.2, -0.15) is 0 Å². The summed E-state index contributed by atoms with van der Waals surface area (Å²) in [5.74, 6) is 0.697. The minimum absolute atomic E-state index is 0.117.